The highest BCUT2D eigenvalue weighted by atomic mass is 32.2. The van der Waals surface area contributed by atoms with Crippen LogP contribution in [0.3, 0.4) is 0 Å². The van der Waals surface area contributed by atoms with Crippen molar-refractivity contribution >= 4 is 33.5 Å². The lowest BCUT2D eigenvalue weighted by Crippen LogP contribution is -2.31. The molecule has 0 aliphatic carbocycles. The third kappa shape index (κ3) is 3.53. The lowest BCUT2D eigenvalue weighted by Gasteiger charge is -2.28. The number of anilines is 2. The van der Waals surface area contributed by atoms with Crippen molar-refractivity contribution in [1.29, 1.82) is 0 Å². The zero-order chi connectivity index (χ0) is 20.7. The van der Waals surface area contributed by atoms with E-state index >= 15 is 0 Å². The number of benzene rings is 3. The Kier molecular flexibility index (Phi) is 4.89. The van der Waals surface area contributed by atoms with Crippen molar-refractivity contribution in [3.05, 3.63) is 77.4 Å². The second-order valence-electron chi connectivity index (χ2n) is 7.62. The number of para-hydroxylation sites is 2. The van der Waals surface area contributed by atoms with E-state index in [-0.39, 0.29) is 0 Å². The Balaban J connectivity index is 1.47. The van der Waals surface area contributed by atoms with E-state index in [1.165, 1.54) is 11.1 Å². The van der Waals surface area contributed by atoms with Crippen LogP contribution in [-0.2, 0) is 24.0 Å². The van der Waals surface area contributed by atoms with Crippen LogP contribution in [0.25, 0.3) is 22.6 Å². The Labute approximate surface area is 178 Å². The summed E-state index contributed by atoms with van der Waals surface area (Å²) in [5.74, 6) is 0.633. The molecule has 5 rings (SSSR count). The molecule has 3 aromatic carbocycles. The molecule has 4 aromatic rings. The summed E-state index contributed by atoms with van der Waals surface area (Å²) in [6.07, 6.45) is 2.62. The van der Waals surface area contributed by atoms with Crippen LogP contribution in [0, 0.1) is 6.92 Å². The summed E-state index contributed by atoms with van der Waals surface area (Å²) in [4.78, 5) is 4.66. The van der Waals surface area contributed by atoms with Gasteiger partial charge in [0.05, 0.1) is 11.0 Å². The minimum Gasteiger partial charge on any atom is -0.436 e. The Bertz CT molecular complexity index is 1230. The van der Waals surface area contributed by atoms with Crippen molar-refractivity contribution in [2.75, 3.05) is 18.1 Å². The van der Waals surface area contributed by atoms with Crippen LogP contribution in [0.1, 0.15) is 16.7 Å². The van der Waals surface area contributed by atoms with Crippen LogP contribution in [0.2, 0.25) is 0 Å². The molecule has 1 aliphatic heterocycles. The first-order valence-corrected chi connectivity index (χ1v) is 11.5. The number of rotatable bonds is 4. The molecule has 152 valence electrons. The van der Waals surface area contributed by atoms with Crippen LogP contribution in [0.15, 0.2) is 65.1 Å². The molecule has 5 nitrogen and oxygen atoms in total. The fourth-order valence-corrected chi connectivity index (χ4v) is 4.66. The second kappa shape index (κ2) is 7.70. The van der Waals surface area contributed by atoms with Gasteiger partial charge in [-0.3, -0.25) is 0 Å². The maximum atomic E-state index is 11.9. The molecule has 1 aromatic heterocycles. The summed E-state index contributed by atoms with van der Waals surface area (Å²) in [5, 5.41) is 3.58. The van der Waals surface area contributed by atoms with Gasteiger partial charge in [-0.15, -0.1) is 0 Å². The third-order valence-corrected chi connectivity index (χ3v) is 6.67. The van der Waals surface area contributed by atoms with Gasteiger partial charge < -0.3 is 9.73 Å². The zero-order valence-electron chi connectivity index (χ0n) is 17.0. The number of hydrogen-bond donors (Lipinski definition) is 1. The highest BCUT2D eigenvalue weighted by Crippen LogP contribution is 2.32. The lowest BCUT2D eigenvalue weighted by atomic mass is 9.98. The van der Waals surface area contributed by atoms with Gasteiger partial charge in [0.15, 0.2) is 5.58 Å². The molecule has 0 radical (unpaired) electrons. The van der Waals surface area contributed by atoms with Gasteiger partial charge in [-0.2, -0.15) is 0 Å². The van der Waals surface area contributed by atoms with E-state index in [0.29, 0.717) is 5.89 Å². The van der Waals surface area contributed by atoms with E-state index in [2.05, 4.69) is 53.6 Å². The molecule has 1 aliphatic rings. The minimum absolute atomic E-state index is 0.633. The number of aryl methyl sites for hydroxylation is 1. The first kappa shape index (κ1) is 19.0. The molecule has 0 fully saturated rings. The van der Waals surface area contributed by atoms with Crippen LogP contribution in [-0.4, -0.2) is 26.3 Å². The largest absolute Gasteiger partial charge is 0.436 e. The zero-order valence-corrected chi connectivity index (χ0v) is 17.8. The molecular weight excluding hydrogens is 394 g/mol. The molecule has 1 N–H and O–H groups in total. The summed E-state index contributed by atoms with van der Waals surface area (Å²) in [5.41, 5.74) is 8.36. The number of nitrogens with zero attached hydrogens (tertiary/aromatic N) is 2. The maximum absolute atomic E-state index is 11.9. The van der Waals surface area contributed by atoms with Gasteiger partial charge in [-0.25, -0.2) is 13.5 Å². The molecule has 0 saturated carbocycles. The van der Waals surface area contributed by atoms with Crippen molar-refractivity contribution in [1.82, 2.24) is 9.29 Å². The SMILES string of the molecule is Cc1ccc(Nc2cccc3c2CCN(S(C)=O)C3)cc1-c1nc2ccccc2o1. The molecule has 2 heterocycles. The Morgan fingerprint density at radius 3 is 2.80 bits per heavy atom. The van der Waals surface area contributed by atoms with E-state index in [9.17, 15) is 4.21 Å². The van der Waals surface area contributed by atoms with Crippen molar-refractivity contribution in [3.8, 4) is 11.5 Å². The van der Waals surface area contributed by atoms with Gasteiger partial charge in [-0.1, -0.05) is 30.3 Å². The average Bonchev–Trinajstić information content (AvgIpc) is 3.19. The number of aromatic nitrogens is 1. The van der Waals surface area contributed by atoms with Gasteiger partial charge in [0.25, 0.3) is 0 Å². The van der Waals surface area contributed by atoms with Crippen molar-refractivity contribution in [2.45, 2.75) is 19.9 Å². The molecule has 1 atom stereocenters. The molecule has 30 heavy (non-hydrogen) atoms. The summed E-state index contributed by atoms with van der Waals surface area (Å²) >= 11 is 0. The van der Waals surface area contributed by atoms with E-state index in [4.69, 9.17) is 4.42 Å². The van der Waals surface area contributed by atoms with E-state index in [0.717, 1.165) is 53.1 Å². The van der Waals surface area contributed by atoms with Gasteiger partial charge >= 0.3 is 0 Å². The monoisotopic (exact) mass is 417 g/mol. The third-order valence-electron chi connectivity index (χ3n) is 5.64. The molecule has 0 saturated heterocycles. The number of oxazole rings is 1. The lowest BCUT2D eigenvalue weighted by molar-refractivity contribution is 0.424. The second-order valence-corrected chi connectivity index (χ2v) is 8.99. The van der Waals surface area contributed by atoms with E-state index in [1.807, 2.05) is 28.6 Å². The molecular formula is C24H23N3O2S. The van der Waals surface area contributed by atoms with Crippen LogP contribution in [0.5, 0.6) is 0 Å². The molecule has 0 amide bonds. The minimum atomic E-state index is -0.942. The predicted molar refractivity (Wildman–Crippen MR) is 122 cm³/mol. The number of hydrogen-bond acceptors (Lipinski definition) is 4. The molecule has 0 bridgehead atoms. The van der Waals surface area contributed by atoms with Crippen molar-refractivity contribution in [3.63, 3.8) is 0 Å². The highest BCUT2D eigenvalue weighted by molar-refractivity contribution is 7.81. The maximum Gasteiger partial charge on any atom is 0.227 e. The smallest absolute Gasteiger partial charge is 0.227 e. The normalized spacial score (nSPS) is 15.1. The highest BCUT2D eigenvalue weighted by Gasteiger charge is 2.21. The van der Waals surface area contributed by atoms with Gasteiger partial charge in [0.2, 0.25) is 5.89 Å². The topological polar surface area (TPSA) is 58.4 Å². The van der Waals surface area contributed by atoms with Crippen molar-refractivity contribution < 1.29 is 8.63 Å². The Hall–Kier alpha value is -2.96. The van der Waals surface area contributed by atoms with Crippen LogP contribution in [0.4, 0.5) is 11.4 Å². The summed E-state index contributed by atoms with van der Waals surface area (Å²) in [7, 11) is -0.942. The Morgan fingerprint density at radius 1 is 1.10 bits per heavy atom. The van der Waals surface area contributed by atoms with Gasteiger partial charge in [-0.05, 0) is 60.4 Å². The molecule has 6 heteroatoms. The van der Waals surface area contributed by atoms with Gasteiger partial charge in [0.1, 0.15) is 5.52 Å². The molecule has 0 spiro atoms. The van der Waals surface area contributed by atoms with Crippen molar-refractivity contribution in [2.24, 2.45) is 0 Å². The van der Waals surface area contributed by atoms with E-state index in [1.54, 1.807) is 6.26 Å². The van der Waals surface area contributed by atoms with Gasteiger partial charge in [0, 0.05) is 36.3 Å². The summed E-state index contributed by atoms with van der Waals surface area (Å²) in [6, 6.07) is 20.4. The quantitative estimate of drug-likeness (QED) is 0.496. The first-order valence-electron chi connectivity index (χ1n) is 10.0. The fraction of sp³-hybridized carbons (Fsp3) is 0.208. The Morgan fingerprint density at radius 2 is 1.97 bits per heavy atom. The predicted octanol–water partition coefficient (Wildman–Crippen LogP) is 5.20. The molecule has 1 unspecified atom stereocenters. The summed E-state index contributed by atoms with van der Waals surface area (Å²) < 4.78 is 19.9. The van der Waals surface area contributed by atoms with E-state index < -0.39 is 11.0 Å². The van der Waals surface area contributed by atoms with Crippen LogP contribution >= 0.6 is 0 Å². The average molecular weight is 418 g/mol. The number of fused-ring (bicyclic) bond motifs is 2. The fourth-order valence-electron chi connectivity index (χ4n) is 3.99. The number of nitrogens with one attached hydrogen (secondary N) is 1. The summed E-state index contributed by atoms with van der Waals surface area (Å²) in [6.45, 7) is 3.59. The first-order chi connectivity index (χ1) is 14.6. The van der Waals surface area contributed by atoms with Crippen LogP contribution < -0.4 is 5.32 Å². The standard InChI is InChI=1S/C24H23N3O2S/c1-16-10-11-18(14-20(16)24-26-22-7-3-4-9-23(22)29-24)25-21-8-5-6-17-15-27(30(2)28)13-12-19(17)21/h3-11,14,25H,12-13,15H2,1-2H3.